The Morgan fingerprint density at radius 2 is 1.44 bits per heavy atom. The fourth-order valence-electron chi connectivity index (χ4n) is 2.23. The van der Waals surface area contributed by atoms with Gasteiger partial charge in [-0.3, -0.25) is 9.59 Å². The van der Waals surface area contributed by atoms with Gasteiger partial charge in [0.05, 0.1) is 6.54 Å². The normalized spacial score (nSPS) is 13.5. The minimum Gasteiger partial charge on any atom is -0.375 e. The molecule has 0 radical (unpaired) electrons. The highest BCUT2D eigenvalue weighted by atomic mass is 19.4. The molecule has 0 aliphatic carbocycles. The first-order valence-corrected chi connectivity index (χ1v) is 7.78. The van der Waals surface area contributed by atoms with Crippen molar-refractivity contribution in [1.82, 2.24) is 10.6 Å². The van der Waals surface area contributed by atoms with Gasteiger partial charge in [0.25, 0.3) is 0 Å². The van der Waals surface area contributed by atoms with Gasteiger partial charge in [-0.15, -0.1) is 0 Å². The predicted molar refractivity (Wildman–Crippen MR) is 87.7 cm³/mol. The number of amides is 2. The number of carbonyl (C=O) groups excluding carboxylic acids is 2. The van der Waals surface area contributed by atoms with Crippen LogP contribution in [0.5, 0.6) is 0 Å². The lowest BCUT2D eigenvalue weighted by molar-refractivity contribution is -0.264. The van der Waals surface area contributed by atoms with E-state index in [2.05, 4.69) is 5.32 Å². The Morgan fingerprint density at radius 3 is 2.00 bits per heavy atom. The largest absolute Gasteiger partial charge is 0.423 e. The van der Waals surface area contributed by atoms with Crippen LogP contribution in [0.1, 0.15) is 11.1 Å². The average molecular weight is 384 g/mol. The van der Waals surface area contributed by atoms with Gasteiger partial charge in [-0.05, 0) is 23.3 Å². The first kappa shape index (κ1) is 20.4. The molecule has 1 atom stereocenters. The first-order valence-electron chi connectivity index (χ1n) is 7.78. The number of hydrogen-bond acceptors (Lipinski definition) is 3. The quantitative estimate of drug-likeness (QED) is 0.545. The molecule has 0 bridgehead atoms. The average Bonchev–Trinajstić information content (AvgIpc) is 2.64. The van der Waals surface area contributed by atoms with Gasteiger partial charge >= 0.3 is 18.0 Å². The fraction of sp³-hybridized carbons (Fsp3) is 0.222. The van der Waals surface area contributed by atoms with E-state index in [1.54, 1.807) is 5.32 Å². The Bertz CT molecular complexity index is 795. The number of rotatable bonds is 5. The molecule has 0 saturated carbocycles. The molecule has 0 aliphatic rings. The molecule has 2 aromatic rings. The molecule has 144 valence electrons. The van der Waals surface area contributed by atoms with E-state index in [-0.39, 0.29) is 6.54 Å². The summed E-state index contributed by atoms with van der Waals surface area (Å²) < 4.78 is 52.7. The molecule has 0 aromatic heterocycles. The molecule has 27 heavy (non-hydrogen) atoms. The zero-order valence-electron chi connectivity index (χ0n) is 13.9. The first-order chi connectivity index (χ1) is 12.6. The highest BCUT2D eigenvalue weighted by Gasteiger charge is 2.55. The third-order valence-electron chi connectivity index (χ3n) is 3.80. The van der Waals surface area contributed by atoms with Crippen molar-refractivity contribution in [2.24, 2.45) is 0 Å². The number of benzene rings is 2. The Morgan fingerprint density at radius 1 is 0.889 bits per heavy atom. The van der Waals surface area contributed by atoms with Gasteiger partial charge in [-0.25, -0.2) is 4.39 Å². The van der Waals surface area contributed by atoms with Gasteiger partial charge in [-0.1, -0.05) is 42.5 Å². The summed E-state index contributed by atoms with van der Waals surface area (Å²) >= 11 is 0. The zero-order chi connectivity index (χ0) is 20.1. The fourth-order valence-corrected chi connectivity index (χ4v) is 2.23. The van der Waals surface area contributed by atoms with E-state index in [4.69, 9.17) is 0 Å². The van der Waals surface area contributed by atoms with Gasteiger partial charge in [0, 0.05) is 6.54 Å². The lowest BCUT2D eigenvalue weighted by atomic mass is 9.93. The van der Waals surface area contributed by atoms with Crippen molar-refractivity contribution >= 4 is 11.8 Å². The van der Waals surface area contributed by atoms with Gasteiger partial charge in [-0.2, -0.15) is 13.2 Å². The van der Waals surface area contributed by atoms with E-state index in [0.29, 0.717) is 5.56 Å². The maximum Gasteiger partial charge on any atom is 0.423 e. The van der Waals surface area contributed by atoms with Crippen LogP contribution >= 0.6 is 0 Å². The van der Waals surface area contributed by atoms with Crippen molar-refractivity contribution in [3.8, 4) is 0 Å². The molecule has 2 aromatic carbocycles. The molecule has 0 heterocycles. The number of alkyl halides is 3. The minimum atomic E-state index is -5.08. The van der Waals surface area contributed by atoms with Crippen LogP contribution in [0.2, 0.25) is 0 Å². The third kappa shape index (κ3) is 5.04. The number of hydrogen-bond donors (Lipinski definition) is 3. The van der Waals surface area contributed by atoms with Gasteiger partial charge in [0.1, 0.15) is 5.82 Å². The minimum absolute atomic E-state index is 0.116. The van der Waals surface area contributed by atoms with Crippen molar-refractivity contribution in [1.29, 1.82) is 0 Å². The molecule has 2 rings (SSSR count). The second-order valence-electron chi connectivity index (χ2n) is 5.72. The van der Waals surface area contributed by atoms with Gasteiger partial charge in [0.2, 0.25) is 5.60 Å². The van der Waals surface area contributed by atoms with E-state index >= 15 is 0 Å². The van der Waals surface area contributed by atoms with E-state index < -0.39 is 41.5 Å². The molecule has 0 spiro atoms. The summed E-state index contributed by atoms with van der Waals surface area (Å²) in [6.07, 6.45) is -5.08. The number of aliphatic hydroxyl groups is 1. The smallest absolute Gasteiger partial charge is 0.375 e. The monoisotopic (exact) mass is 384 g/mol. The second kappa shape index (κ2) is 8.17. The molecule has 0 aliphatic heterocycles. The van der Waals surface area contributed by atoms with E-state index in [9.17, 15) is 32.3 Å². The summed E-state index contributed by atoms with van der Waals surface area (Å²) in [5.74, 6) is -3.00. The molecule has 5 nitrogen and oxygen atoms in total. The third-order valence-corrected chi connectivity index (χ3v) is 3.80. The van der Waals surface area contributed by atoms with Crippen LogP contribution in [0.15, 0.2) is 54.6 Å². The number of nitrogens with one attached hydrogen (secondary N) is 2. The predicted octanol–water partition coefficient (Wildman–Crippen LogP) is 2.01. The van der Waals surface area contributed by atoms with Crippen LogP contribution in [-0.4, -0.2) is 29.6 Å². The molecule has 3 N–H and O–H groups in total. The summed E-state index contributed by atoms with van der Waals surface area (Å²) in [4.78, 5) is 23.5. The number of carbonyl (C=O) groups is 2. The summed E-state index contributed by atoms with van der Waals surface area (Å²) in [6, 6.07) is 11.3. The molecule has 0 fully saturated rings. The van der Waals surface area contributed by atoms with Crippen LogP contribution < -0.4 is 10.6 Å². The Balaban J connectivity index is 1.99. The standard InChI is InChI=1S/C18H16F4N2O3/c19-14-8-6-12(7-9-14)10-23-15(25)16(26)24-11-17(27,18(20,21)22)13-4-2-1-3-5-13/h1-9,27H,10-11H2,(H,23,25)(H,24,26)/t17-/m0/s1. The maximum atomic E-state index is 13.3. The van der Waals surface area contributed by atoms with Crippen molar-refractivity contribution in [2.75, 3.05) is 6.54 Å². The topological polar surface area (TPSA) is 78.4 Å². The van der Waals surface area contributed by atoms with Crippen molar-refractivity contribution in [3.63, 3.8) is 0 Å². The summed E-state index contributed by atoms with van der Waals surface area (Å²) in [5, 5.41) is 14.1. The van der Waals surface area contributed by atoms with Gasteiger partial charge in [0.15, 0.2) is 0 Å². The molecule has 9 heteroatoms. The molecule has 2 amide bonds. The second-order valence-corrected chi connectivity index (χ2v) is 5.72. The lowest BCUT2D eigenvalue weighted by Gasteiger charge is -2.31. The molecule has 0 unspecified atom stereocenters. The highest BCUT2D eigenvalue weighted by Crippen LogP contribution is 2.38. The van der Waals surface area contributed by atoms with E-state index in [1.807, 2.05) is 0 Å². The lowest BCUT2D eigenvalue weighted by Crippen LogP contribution is -2.53. The van der Waals surface area contributed by atoms with Crippen LogP contribution in [0.3, 0.4) is 0 Å². The van der Waals surface area contributed by atoms with Crippen LogP contribution in [0, 0.1) is 5.82 Å². The summed E-state index contributed by atoms with van der Waals surface area (Å²) in [6.45, 7) is -1.35. The van der Waals surface area contributed by atoms with Crippen molar-refractivity contribution in [2.45, 2.75) is 18.3 Å². The van der Waals surface area contributed by atoms with Crippen LogP contribution in [0.4, 0.5) is 17.6 Å². The Kier molecular flexibility index (Phi) is 6.17. The van der Waals surface area contributed by atoms with E-state index in [0.717, 1.165) is 24.3 Å². The van der Waals surface area contributed by atoms with Crippen LogP contribution in [0.25, 0.3) is 0 Å². The Hall–Kier alpha value is -2.94. The zero-order valence-corrected chi connectivity index (χ0v) is 13.9. The van der Waals surface area contributed by atoms with E-state index in [1.165, 1.54) is 30.3 Å². The van der Waals surface area contributed by atoms with Crippen LogP contribution in [-0.2, 0) is 21.7 Å². The molecular formula is C18H16F4N2O3. The molecular weight excluding hydrogens is 368 g/mol. The SMILES string of the molecule is O=C(NCc1ccc(F)cc1)C(=O)NC[C@](O)(c1ccccc1)C(F)(F)F. The highest BCUT2D eigenvalue weighted by molar-refractivity contribution is 6.35. The number of halogens is 4. The van der Waals surface area contributed by atoms with Crippen molar-refractivity contribution in [3.05, 3.63) is 71.5 Å². The summed E-state index contributed by atoms with van der Waals surface area (Å²) in [5.41, 5.74) is -3.32. The Labute approximate surface area is 152 Å². The molecule has 0 saturated heterocycles. The van der Waals surface area contributed by atoms with Crippen molar-refractivity contribution < 1.29 is 32.3 Å². The van der Waals surface area contributed by atoms with Gasteiger partial charge < -0.3 is 15.7 Å². The maximum absolute atomic E-state index is 13.3. The summed E-state index contributed by atoms with van der Waals surface area (Å²) in [7, 11) is 0.